The number of aryl methyl sites for hydroxylation is 1. The largest absolute Gasteiger partial charge is 0.435 e. The zero-order chi connectivity index (χ0) is 18.9. The summed E-state index contributed by atoms with van der Waals surface area (Å²) in [6.45, 7) is 2.42. The minimum atomic E-state index is -2.79. The van der Waals surface area contributed by atoms with Gasteiger partial charge in [-0.25, -0.2) is 9.97 Å². The molecule has 0 radical (unpaired) electrons. The number of benzene rings is 1. The molecule has 1 fully saturated rings. The number of alkyl halides is 2. The molecule has 0 saturated carbocycles. The highest BCUT2D eigenvalue weighted by Crippen LogP contribution is 2.40. The van der Waals surface area contributed by atoms with Crippen LogP contribution in [-0.4, -0.2) is 41.2 Å². The van der Waals surface area contributed by atoms with Gasteiger partial charge in [-0.3, -0.25) is 4.90 Å². The quantitative estimate of drug-likeness (QED) is 0.819. The maximum Gasteiger partial charge on any atom is 0.387 e. The molecule has 0 unspecified atom stereocenters. The van der Waals surface area contributed by atoms with E-state index in [9.17, 15) is 8.78 Å². The van der Waals surface area contributed by atoms with Crippen LogP contribution in [0.3, 0.4) is 0 Å². The summed E-state index contributed by atoms with van der Waals surface area (Å²) in [5, 5.41) is 0. The van der Waals surface area contributed by atoms with Gasteiger partial charge < -0.3 is 9.47 Å². The Bertz CT molecular complexity index is 790. The van der Waals surface area contributed by atoms with Gasteiger partial charge in [0.2, 0.25) is 0 Å². The summed E-state index contributed by atoms with van der Waals surface area (Å²) < 4.78 is 35.1. The van der Waals surface area contributed by atoms with E-state index >= 15 is 0 Å². The van der Waals surface area contributed by atoms with Gasteiger partial charge in [-0.2, -0.15) is 8.78 Å². The van der Waals surface area contributed by atoms with E-state index in [-0.39, 0.29) is 11.4 Å². The number of piperidine rings is 1. The molecule has 2 aromatic rings. The van der Waals surface area contributed by atoms with Crippen molar-refractivity contribution >= 4 is 0 Å². The van der Waals surface area contributed by atoms with Gasteiger partial charge in [0, 0.05) is 25.8 Å². The lowest BCUT2D eigenvalue weighted by Gasteiger charge is -2.44. The number of likely N-dealkylation sites (tertiary alicyclic amines) is 1. The van der Waals surface area contributed by atoms with Gasteiger partial charge in [0.25, 0.3) is 0 Å². The van der Waals surface area contributed by atoms with E-state index in [0.717, 1.165) is 56.0 Å². The van der Waals surface area contributed by atoms with E-state index in [1.54, 1.807) is 12.1 Å². The molecule has 0 atom stereocenters. The van der Waals surface area contributed by atoms with Crippen LogP contribution in [0.25, 0.3) is 0 Å². The Kier molecular flexibility index (Phi) is 5.06. The Labute approximate surface area is 157 Å². The number of nitrogens with zero attached hydrogens (tertiary/aromatic N) is 3. The van der Waals surface area contributed by atoms with Gasteiger partial charge in [0.05, 0.1) is 12.3 Å². The molecule has 0 bridgehead atoms. The van der Waals surface area contributed by atoms with E-state index in [4.69, 9.17) is 9.72 Å². The lowest BCUT2D eigenvalue weighted by Crippen LogP contribution is -2.47. The maximum absolute atomic E-state index is 12.2. The smallest absolute Gasteiger partial charge is 0.387 e. The van der Waals surface area contributed by atoms with Crippen LogP contribution >= 0.6 is 0 Å². The second kappa shape index (κ2) is 7.48. The third-order valence-electron chi connectivity index (χ3n) is 5.38. The molecule has 5 nitrogen and oxygen atoms in total. The van der Waals surface area contributed by atoms with Gasteiger partial charge in [-0.05, 0) is 49.4 Å². The second-order valence-corrected chi connectivity index (χ2v) is 7.18. The molecule has 0 N–H and O–H groups in total. The summed E-state index contributed by atoms with van der Waals surface area (Å²) in [6.07, 6.45) is 4.59. The van der Waals surface area contributed by atoms with Gasteiger partial charge in [0.1, 0.15) is 17.2 Å². The van der Waals surface area contributed by atoms with Crippen molar-refractivity contribution in [2.24, 2.45) is 0 Å². The summed E-state index contributed by atoms with van der Waals surface area (Å²) in [5.74, 6) is 0.973. The first-order chi connectivity index (χ1) is 13.0. The predicted octanol–water partition coefficient (Wildman–Crippen LogP) is 3.45. The molecule has 3 heterocycles. The average Bonchev–Trinajstić information content (AvgIpc) is 2.66. The van der Waals surface area contributed by atoms with Crippen LogP contribution in [0.1, 0.15) is 35.5 Å². The van der Waals surface area contributed by atoms with Crippen LogP contribution in [-0.2, 0) is 23.3 Å². The zero-order valence-corrected chi connectivity index (χ0v) is 15.3. The van der Waals surface area contributed by atoms with Crippen LogP contribution < -0.4 is 4.74 Å². The fraction of sp³-hybridized carbons (Fsp3) is 0.500. The molecule has 1 saturated heterocycles. The summed E-state index contributed by atoms with van der Waals surface area (Å²) in [7, 11) is 0. The SMILES string of the molecule is Cc1ncc2c(n1)C1(CCN(Cc3ccc(OC(F)F)cc3)CC1)OCC2. The molecule has 0 aliphatic carbocycles. The van der Waals surface area contributed by atoms with E-state index in [1.807, 2.05) is 25.3 Å². The molecule has 144 valence electrons. The third-order valence-corrected chi connectivity index (χ3v) is 5.38. The fourth-order valence-electron chi connectivity index (χ4n) is 3.99. The minimum absolute atomic E-state index is 0.189. The first kappa shape index (κ1) is 18.3. The van der Waals surface area contributed by atoms with Crippen molar-refractivity contribution in [2.45, 2.75) is 44.9 Å². The van der Waals surface area contributed by atoms with Crippen LogP contribution in [0.4, 0.5) is 8.78 Å². The number of rotatable bonds is 4. The van der Waals surface area contributed by atoms with Crippen LogP contribution in [0.2, 0.25) is 0 Å². The summed E-state index contributed by atoms with van der Waals surface area (Å²) in [4.78, 5) is 11.4. The van der Waals surface area contributed by atoms with Gasteiger partial charge in [-0.1, -0.05) is 12.1 Å². The average molecular weight is 375 g/mol. The highest BCUT2D eigenvalue weighted by atomic mass is 19.3. The van der Waals surface area contributed by atoms with Crippen molar-refractivity contribution in [3.63, 3.8) is 0 Å². The highest BCUT2D eigenvalue weighted by molar-refractivity contribution is 5.29. The first-order valence-electron chi connectivity index (χ1n) is 9.27. The monoisotopic (exact) mass is 375 g/mol. The maximum atomic E-state index is 12.2. The van der Waals surface area contributed by atoms with E-state index in [0.29, 0.717) is 6.61 Å². The van der Waals surface area contributed by atoms with Crippen LogP contribution in [0.15, 0.2) is 30.5 Å². The number of ether oxygens (including phenoxy) is 2. The van der Waals surface area contributed by atoms with Crippen LogP contribution in [0.5, 0.6) is 5.75 Å². The molecule has 7 heteroatoms. The Morgan fingerprint density at radius 3 is 2.67 bits per heavy atom. The molecular formula is C20H23F2N3O2. The van der Waals surface area contributed by atoms with E-state index < -0.39 is 6.61 Å². The lowest BCUT2D eigenvalue weighted by molar-refractivity contribution is -0.102. The zero-order valence-electron chi connectivity index (χ0n) is 15.3. The Morgan fingerprint density at radius 1 is 1.22 bits per heavy atom. The van der Waals surface area contributed by atoms with E-state index in [2.05, 4.69) is 14.6 Å². The number of hydrogen-bond acceptors (Lipinski definition) is 5. The molecule has 1 aromatic carbocycles. The number of aromatic nitrogens is 2. The highest BCUT2D eigenvalue weighted by Gasteiger charge is 2.42. The number of halogens is 2. The van der Waals surface area contributed by atoms with Crippen molar-refractivity contribution in [1.82, 2.24) is 14.9 Å². The summed E-state index contributed by atoms with van der Waals surface area (Å²) >= 11 is 0. The van der Waals surface area contributed by atoms with Gasteiger partial charge >= 0.3 is 6.61 Å². The Balaban J connectivity index is 1.41. The Hall–Kier alpha value is -2.12. The molecule has 2 aliphatic heterocycles. The van der Waals surface area contributed by atoms with Crippen molar-refractivity contribution in [3.8, 4) is 5.75 Å². The van der Waals surface area contributed by atoms with E-state index in [1.165, 1.54) is 5.56 Å². The standard InChI is InChI=1S/C20H23F2N3O2/c1-14-23-12-16-6-11-26-20(18(16)24-14)7-9-25(10-8-20)13-15-2-4-17(5-3-15)27-19(21)22/h2-5,12,19H,6-11,13H2,1H3. The molecule has 0 amide bonds. The number of fused-ring (bicyclic) bond motifs is 2. The summed E-state index contributed by atoms with van der Waals surface area (Å²) in [5.41, 5.74) is 3.05. The fourth-order valence-corrected chi connectivity index (χ4v) is 3.99. The predicted molar refractivity (Wildman–Crippen MR) is 95.7 cm³/mol. The molecule has 27 heavy (non-hydrogen) atoms. The van der Waals surface area contributed by atoms with Crippen LogP contribution in [0, 0.1) is 6.92 Å². The molecule has 2 aliphatic rings. The minimum Gasteiger partial charge on any atom is -0.435 e. The van der Waals surface area contributed by atoms with Gasteiger partial charge in [-0.15, -0.1) is 0 Å². The summed E-state index contributed by atoms with van der Waals surface area (Å²) in [6, 6.07) is 6.86. The second-order valence-electron chi connectivity index (χ2n) is 7.18. The third kappa shape index (κ3) is 3.94. The molecule has 1 aromatic heterocycles. The number of hydrogen-bond donors (Lipinski definition) is 0. The Morgan fingerprint density at radius 2 is 1.96 bits per heavy atom. The molecule has 1 spiro atoms. The topological polar surface area (TPSA) is 47.5 Å². The van der Waals surface area contributed by atoms with Crippen molar-refractivity contribution in [1.29, 1.82) is 0 Å². The molecule has 4 rings (SSSR count). The molecular weight excluding hydrogens is 352 g/mol. The van der Waals surface area contributed by atoms with Crippen molar-refractivity contribution < 1.29 is 18.3 Å². The first-order valence-corrected chi connectivity index (χ1v) is 9.27. The van der Waals surface area contributed by atoms with Crippen molar-refractivity contribution in [3.05, 3.63) is 53.1 Å². The van der Waals surface area contributed by atoms with Crippen molar-refractivity contribution in [2.75, 3.05) is 19.7 Å². The lowest BCUT2D eigenvalue weighted by atomic mass is 9.83. The normalized spacial score (nSPS) is 19.3. The van der Waals surface area contributed by atoms with Gasteiger partial charge in [0.15, 0.2) is 0 Å².